The SMILES string of the molecule is CC1NCCCC1NC(=O)CCS(=O)(=O)c1ccc2c(c1)OCCO2. The van der Waals surface area contributed by atoms with Crippen LogP contribution in [0.5, 0.6) is 11.5 Å². The van der Waals surface area contributed by atoms with Gasteiger partial charge in [-0.15, -0.1) is 0 Å². The summed E-state index contributed by atoms with van der Waals surface area (Å²) in [6.07, 6.45) is 1.86. The van der Waals surface area contributed by atoms with Crippen LogP contribution in [-0.2, 0) is 14.6 Å². The van der Waals surface area contributed by atoms with E-state index >= 15 is 0 Å². The second kappa shape index (κ2) is 7.61. The smallest absolute Gasteiger partial charge is 0.221 e. The molecule has 0 spiro atoms. The molecule has 2 N–H and O–H groups in total. The van der Waals surface area contributed by atoms with Crippen molar-refractivity contribution in [1.82, 2.24) is 10.6 Å². The lowest BCUT2D eigenvalue weighted by molar-refractivity contribution is -0.121. The lowest BCUT2D eigenvalue weighted by Gasteiger charge is -2.30. The maximum absolute atomic E-state index is 12.5. The number of rotatable bonds is 5. The van der Waals surface area contributed by atoms with Gasteiger partial charge in [0, 0.05) is 24.6 Å². The number of ether oxygens (including phenoxy) is 2. The molecule has 2 heterocycles. The van der Waals surface area contributed by atoms with Crippen molar-refractivity contribution < 1.29 is 22.7 Å². The van der Waals surface area contributed by atoms with E-state index in [0.29, 0.717) is 24.7 Å². The predicted octanol–water partition coefficient (Wildman–Crippen LogP) is 0.878. The predicted molar refractivity (Wildman–Crippen MR) is 92.7 cm³/mol. The fraction of sp³-hybridized carbons (Fsp3) is 0.588. The van der Waals surface area contributed by atoms with Crippen LogP contribution in [0.3, 0.4) is 0 Å². The minimum absolute atomic E-state index is 0.0539. The number of fused-ring (bicyclic) bond motifs is 1. The van der Waals surface area contributed by atoms with Crippen LogP contribution in [0.25, 0.3) is 0 Å². The first-order valence-electron chi connectivity index (χ1n) is 8.61. The number of piperidine rings is 1. The molecule has 8 heteroatoms. The number of amides is 1. The summed E-state index contributed by atoms with van der Waals surface area (Å²) in [6.45, 7) is 3.82. The van der Waals surface area contributed by atoms with Gasteiger partial charge in [0.1, 0.15) is 13.2 Å². The Labute approximate surface area is 148 Å². The van der Waals surface area contributed by atoms with Gasteiger partial charge in [-0.3, -0.25) is 4.79 Å². The molecule has 2 unspecified atom stereocenters. The highest BCUT2D eigenvalue weighted by atomic mass is 32.2. The van der Waals surface area contributed by atoms with Crippen molar-refractivity contribution in [3.8, 4) is 11.5 Å². The molecule has 25 heavy (non-hydrogen) atoms. The Balaban J connectivity index is 1.59. The van der Waals surface area contributed by atoms with Crippen molar-refractivity contribution in [2.45, 2.75) is 43.2 Å². The van der Waals surface area contributed by atoms with E-state index in [-0.39, 0.29) is 35.1 Å². The molecule has 3 rings (SSSR count). The maximum atomic E-state index is 12.5. The Morgan fingerprint density at radius 1 is 1.28 bits per heavy atom. The minimum Gasteiger partial charge on any atom is -0.486 e. The number of nitrogens with one attached hydrogen (secondary N) is 2. The number of hydrogen-bond acceptors (Lipinski definition) is 6. The van der Waals surface area contributed by atoms with Crippen LogP contribution < -0.4 is 20.1 Å². The lowest BCUT2D eigenvalue weighted by atomic mass is 10.00. The summed E-state index contributed by atoms with van der Waals surface area (Å²) < 4.78 is 35.8. The van der Waals surface area contributed by atoms with Crippen LogP contribution in [0.15, 0.2) is 23.1 Å². The van der Waals surface area contributed by atoms with E-state index in [1.807, 2.05) is 6.92 Å². The van der Waals surface area contributed by atoms with Crippen molar-refractivity contribution in [1.29, 1.82) is 0 Å². The Morgan fingerprint density at radius 3 is 2.80 bits per heavy atom. The molecule has 1 saturated heterocycles. The van der Waals surface area contributed by atoms with Gasteiger partial charge in [-0.1, -0.05) is 0 Å². The molecule has 0 aromatic heterocycles. The molecular weight excluding hydrogens is 344 g/mol. The Kier molecular flexibility index (Phi) is 5.48. The number of carbonyl (C=O) groups is 1. The van der Waals surface area contributed by atoms with Crippen LogP contribution in [0, 0.1) is 0 Å². The zero-order valence-corrected chi connectivity index (χ0v) is 15.1. The summed E-state index contributed by atoms with van der Waals surface area (Å²) in [5.41, 5.74) is 0. The zero-order chi connectivity index (χ0) is 17.9. The van der Waals surface area contributed by atoms with E-state index in [9.17, 15) is 13.2 Å². The number of benzene rings is 1. The summed E-state index contributed by atoms with van der Waals surface area (Å²) in [5.74, 6) is 0.509. The molecule has 0 aliphatic carbocycles. The van der Waals surface area contributed by atoms with Gasteiger partial charge in [0.2, 0.25) is 5.91 Å². The molecule has 1 aromatic rings. The van der Waals surface area contributed by atoms with Crippen LogP contribution >= 0.6 is 0 Å². The van der Waals surface area contributed by atoms with E-state index in [1.165, 1.54) is 12.1 Å². The first-order chi connectivity index (χ1) is 12.0. The lowest BCUT2D eigenvalue weighted by Crippen LogP contribution is -2.52. The summed E-state index contributed by atoms with van der Waals surface area (Å²) in [7, 11) is -3.56. The normalized spacial score (nSPS) is 23.1. The first kappa shape index (κ1) is 18.0. The monoisotopic (exact) mass is 368 g/mol. The molecule has 0 saturated carbocycles. The summed E-state index contributed by atoms with van der Waals surface area (Å²) in [6, 6.07) is 4.81. The number of sulfone groups is 1. The zero-order valence-electron chi connectivity index (χ0n) is 14.3. The van der Waals surface area contributed by atoms with Gasteiger partial charge in [-0.05, 0) is 38.4 Å². The highest BCUT2D eigenvalue weighted by Crippen LogP contribution is 2.32. The van der Waals surface area contributed by atoms with Crippen molar-refractivity contribution in [2.75, 3.05) is 25.5 Å². The fourth-order valence-electron chi connectivity index (χ4n) is 3.08. The summed E-state index contributed by atoms with van der Waals surface area (Å²) in [4.78, 5) is 12.3. The van der Waals surface area contributed by atoms with Gasteiger partial charge in [0.15, 0.2) is 21.3 Å². The van der Waals surface area contributed by atoms with Crippen LogP contribution in [-0.4, -0.2) is 51.9 Å². The van der Waals surface area contributed by atoms with Crippen molar-refractivity contribution >= 4 is 15.7 Å². The molecule has 1 aromatic carbocycles. The number of carbonyl (C=O) groups excluding carboxylic acids is 1. The molecule has 1 amide bonds. The highest BCUT2D eigenvalue weighted by molar-refractivity contribution is 7.91. The van der Waals surface area contributed by atoms with Gasteiger partial charge in [-0.25, -0.2) is 8.42 Å². The third-order valence-corrected chi connectivity index (χ3v) is 6.29. The largest absolute Gasteiger partial charge is 0.486 e. The molecule has 2 aliphatic rings. The average molecular weight is 368 g/mol. The fourth-order valence-corrected chi connectivity index (χ4v) is 4.33. The average Bonchev–Trinajstić information content (AvgIpc) is 2.62. The van der Waals surface area contributed by atoms with Crippen molar-refractivity contribution in [3.05, 3.63) is 18.2 Å². The maximum Gasteiger partial charge on any atom is 0.221 e. The Morgan fingerprint density at radius 2 is 2.04 bits per heavy atom. The summed E-state index contributed by atoms with van der Waals surface area (Å²) >= 11 is 0. The van der Waals surface area contributed by atoms with Gasteiger partial charge < -0.3 is 20.1 Å². The molecular formula is C17H24N2O5S. The molecule has 1 fully saturated rings. The third-order valence-electron chi connectivity index (χ3n) is 4.58. The van der Waals surface area contributed by atoms with Crippen LogP contribution in [0.2, 0.25) is 0 Å². The van der Waals surface area contributed by atoms with E-state index in [4.69, 9.17) is 9.47 Å². The van der Waals surface area contributed by atoms with Gasteiger partial charge in [0.05, 0.1) is 10.6 Å². The van der Waals surface area contributed by atoms with E-state index < -0.39 is 9.84 Å². The standard InChI is InChI=1S/C17H24N2O5S/c1-12-14(3-2-7-18-12)19-17(20)6-10-25(21,22)13-4-5-15-16(11-13)24-9-8-23-15/h4-5,11-12,14,18H,2-3,6-10H2,1H3,(H,19,20). The quantitative estimate of drug-likeness (QED) is 0.801. The van der Waals surface area contributed by atoms with Crippen molar-refractivity contribution in [2.24, 2.45) is 0 Å². The molecule has 0 radical (unpaired) electrons. The van der Waals surface area contributed by atoms with Crippen LogP contribution in [0.4, 0.5) is 0 Å². The van der Waals surface area contributed by atoms with Crippen molar-refractivity contribution in [3.63, 3.8) is 0 Å². The molecule has 2 atom stereocenters. The number of hydrogen-bond donors (Lipinski definition) is 2. The van der Waals surface area contributed by atoms with E-state index in [0.717, 1.165) is 19.4 Å². The van der Waals surface area contributed by atoms with Gasteiger partial charge in [-0.2, -0.15) is 0 Å². The Bertz CT molecular complexity index is 735. The molecule has 138 valence electrons. The van der Waals surface area contributed by atoms with E-state index in [1.54, 1.807) is 6.07 Å². The van der Waals surface area contributed by atoms with Gasteiger partial charge >= 0.3 is 0 Å². The van der Waals surface area contributed by atoms with E-state index in [2.05, 4.69) is 10.6 Å². The highest BCUT2D eigenvalue weighted by Gasteiger charge is 2.24. The molecule has 0 bridgehead atoms. The topological polar surface area (TPSA) is 93.7 Å². The van der Waals surface area contributed by atoms with Gasteiger partial charge in [0.25, 0.3) is 0 Å². The minimum atomic E-state index is -3.56. The van der Waals surface area contributed by atoms with Crippen LogP contribution in [0.1, 0.15) is 26.2 Å². The molecule has 2 aliphatic heterocycles. The second-order valence-corrected chi connectivity index (χ2v) is 8.54. The first-order valence-corrected chi connectivity index (χ1v) is 10.3. The third kappa shape index (κ3) is 4.43. The molecule has 7 nitrogen and oxygen atoms in total. The Hall–Kier alpha value is -1.80. The second-order valence-electron chi connectivity index (χ2n) is 6.43. The summed E-state index contributed by atoms with van der Waals surface area (Å²) in [5, 5.41) is 6.24.